The molecule has 1 saturated heterocycles. The highest BCUT2D eigenvalue weighted by molar-refractivity contribution is 8.17. The normalized spacial score (nSPS) is 35.4. The third-order valence-electron chi connectivity index (χ3n) is 3.11. The first-order valence-corrected chi connectivity index (χ1v) is 7.46. The second-order valence-corrected chi connectivity index (χ2v) is 6.86. The van der Waals surface area contributed by atoms with Gasteiger partial charge in [0.05, 0.1) is 4.58 Å². The molecule has 0 aromatic rings. The maximum absolute atomic E-state index is 10.7. The van der Waals surface area contributed by atoms with E-state index < -0.39 is 5.60 Å². The van der Waals surface area contributed by atoms with Gasteiger partial charge in [0.1, 0.15) is 5.60 Å². The predicted octanol–water partition coefficient (Wildman–Crippen LogP) is 3.04. The Morgan fingerprint density at radius 1 is 1.36 bits per heavy atom. The summed E-state index contributed by atoms with van der Waals surface area (Å²) in [6, 6.07) is 0. The highest BCUT2D eigenvalue weighted by Crippen LogP contribution is 2.45. The van der Waals surface area contributed by atoms with Crippen molar-refractivity contribution in [3.8, 4) is 0 Å². The second-order valence-electron chi connectivity index (χ2n) is 4.13. The molecule has 1 aliphatic carbocycles. The zero-order valence-electron chi connectivity index (χ0n) is 8.66. The Bertz CT molecular complexity index is 233. The molecule has 0 aromatic carbocycles. The van der Waals surface area contributed by atoms with E-state index in [-0.39, 0.29) is 0 Å². The van der Waals surface area contributed by atoms with E-state index in [0.717, 1.165) is 19.3 Å². The SMILES string of the molecule is CC1=CCCCC1(O)C1SCCCS1. The molecule has 2 aliphatic rings. The van der Waals surface area contributed by atoms with Crippen molar-refractivity contribution in [3.63, 3.8) is 0 Å². The standard InChI is InChI=1S/C11H18OS2/c1-9-5-2-3-6-11(9,12)10-13-7-4-8-14-10/h5,10,12H,2-4,6-8H2,1H3. The quantitative estimate of drug-likeness (QED) is 0.699. The smallest absolute Gasteiger partial charge is 0.106 e. The van der Waals surface area contributed by atoms with Gasteiger partial charge in [0, 0.05) is 0 Å². The predicted molar refractivity (Wildman–Crippen MR) is 65.9 cm³/mol. The van der Waals surface area contributed by atoms with Gasteiger partial charge >= 0.3 is 0 Å². The van der Waals surface area contributed by atoms with Crippen LogP contribution in [0.5, 0.6) is 0 Å². The largest absolute Gasteiger partial charge is 0.383 e. The van der Waals surface area contributed by atoms with Crippen LogP contribution >= 0.6 is 23.5 Å². The Labute approximate surface area is 94.7 Å². The lowest BCUT2D eigenvalue weighted by molar-refractivity contribution is 0.0785. The average Bonchev–Trinajstić information content (AvgIpc) is 2.24. The Morgan fingerprint density at radius 3 is 2.71 bits per heavy atom. The number of rotatable bonds is 1. The fourth-order valence-corrected chi connectivity index (χ4v) is 5.49. The minimum absolute atomic E-state index is 0.382. The van der Waals surface area contributed by atoms with Crippen molar-refractivity contribution in [2.45, 2.75) is 42.8 Å². The van der Waals surface area contributed by atoms with Gasteiger partial charge in [0.2, 0.25) is 0 Å². The van der Waals surface area contributed by atoms with Crippen molar-refractivity contribution >= 4 is 23.5 Å². The maximum atomic E-state index is 10.7. The molecule has 1 unspecified atom stereocenters. The number of allylic oxidation sites excluding steroid dienone is 1. The van der Waals surface area contributed by atoms with Gasteiger partial charge in [-0.15, -0.1) is 23.5 Å². The summed E-state index contributed by atoms with van der Waals surface area (Å²) < 4.78 is 0.382. The molecule has 1 nitrogen and oxygen atoms in total. The minimum atomic E-state index is -0.506. The van der Waals surface area contributed by atoms with Crippen LogP contribution in [0.25, 0.3) is 0 Å². The fraction of sp³-hybridized carbons (Fsp3) is 0.818. The molecule has 1 fully saturated rings. The second kappa shape index (κ2) is 4.50. The van der Waals surface area contributed by atoms with Crippen molar-refractivity contribution in [1.29, 1.82) is 0 Å². The van der Waals surface area contributed by atoms with E-state index in [0.29, 0.717) is 4.58 Å². The monoisotopic (exact) mass is 230 g/mol. The summed E-state index contributed by atoms with van der Waals surface area (Å²) in [5, 5.41) is 10.7. The van der Waals surface area contributed by atoms with Gasteiger partial charge in [-0.05, 0) is 49.7 Å². The Morgan fingerprint density at radius 2 is 2.07 bits per heavy atom. The van der Waals surface area contributed by atoms with E-state index in [1.54, 1.807) is 0 Å². The topological polar surface area (TPSA) is 20.2 Å². The molecular weight excluding hydrogens is 212 g/mol. The molecule has 0 aromatic heterocycles. The summed E-state index contributed by atoms with van der Waals surface area (Å²) in [5.74, 6) is 2.43. The molecule has 14 heavy (non-hydrogen) atoms. The summed E-state index contributed by atoms with van der Waals surface area (Å²) in [6.07, 6.45) is 6.77. The van der Waals surface area contributed by atoms with Crippen LogP contribution in [0.1, 0.15) is 32.6 Å². The molecule has 0 bridgehead atoms. The van der Waals surface area contributed by atoms with Gasteiger partial charge in [-0.2, -0.15) is 0 Å². The fourth-order valence-electron chi connectivity index (χ4n) is 2.13. The van der Waals surface area contributed by atoms with Gasteiger partial charge in [-0.3, -0.25) is 0 Å². The summed E-state index contributed by atoms with van der Waals surface area (Å²) >= 11 is 3.89. The van der Waals surface area contributed by atoms with Gasteiger partial charge < -0.3 is 5.11 Å². The van der Waals surface area contributed by atoms with Gasteiger partial charge in [-0.1, -0.05) is 6.08 Å². The number of aliphatic hydroxyl groups is 1. The average molecular weight is 230 g/mol. The van der Waals surface area contributed by atoms with E-state index in [2.05, 4.69) is 13.0 Å². The first kappa shape index (κ1) is 10.9. The third-order valence-corrected chi connectivity index (χ3v) is 6.36. The van der Waals surface area contributed by atoms with Gasteiger partial charge in [-0.25, -0.2) is 0 Å². The molecule has 1 atom stereocenters. The summed E-state index contributed by atoms with van der Waals surface area (Å²) in [7, 11) is 0. The Balaban J connectivity index is 2.12. The van der Waals surface area contributed by atoms with E-state index >= 15 is 0 Å². The zero-order chi connectivity index (χ0) is 10.0. The van der Waals surface area contributed by atoms with Crippen molar-refractivity contribution in [1.82, 2.24) is 0 Å². The van der Waals surface area contributed by atoms with Crippen LogP contribution in [-0.2, 0) is 0 Å². The maximum Gasteiger partial charge on any atom is 0.106 e. The molecular formula is C11H18OS2. The van der Waals surface area contributed by atoms with E-state index in [9.17, 15) is 5.11 Å². The Hall–Kier alpha value is 0.400. The van der Waals surface area contributed by atoms with Crippen LogP contribution in [0, 0.1) is 0 Å². The van der Waals surface area contributed by atoms with Crippen molar-refractivity contribution in [2.75, 3.05) is 11.5 Å². The van der Waals surface area contributed by atoms with Crippen LogP contribution in [0.2, 0.25) is 0 Å². The summed E-state index contributed by atoms with van der Waals surface area (Å²) in [6.45, 7) is 2.09. The molecule has 3 heteroatoms. The van der Waals surface area contributed by atoms with Crippen molar-refractivity contribution < 1.29 is 5.11 Å². The molecule has 0 spiro atoms. The molecule has 1 heterocycles. The molecule has 0 amide bonds. The van der Waals surface area contributed by atoms with Crippen LogP contribution in [0.15, 0.2) is 11.6 Å². The van der Waals surface area contributed by atoms with Crippen LogP contribution in [0.4, 0.5) is 0 Å². The molecule has 1 aliphatic heterocycles. The number of hydrogen-bond donors (Lipinski definition) is 1. The third kappa shape index (κ3) is 2.00. The van der Waals surface area contributed by atoms with Crippen LogP contribution < -0.4 is 0 Å². The zero-order valence-corrected chi connectivity index (χ0v) is 10.3. The highest BCUT2D eigenvalue weighted by atomic mass is 32.2. The molecule has 1 N–H and O–H groups in total. The van der Waals surface area contributed by atoms with Crippen LogP contribution in [0.3, 0.4) is 0 Å². The lowest BCUT2D eigenvalue weighted by atomic mass is 9.85. The lowest BCUT2D eigenvalue weighted by Gasteiger charge is -2.40. The van der Waals surface area contributed by atoms with E-state index in [1.807, 2.05) is 23.5 Å². The number of thioether (sulfide) groups is 2. The van der Waals surface area contributed by atoms with Crippen molar-refractivity contribution in [2.24, 2.45) is 0 Å². The first-order chi connectivity index (χ1) is 6.73. The first-order valence-electron chi connectivity index (χ1n) is 5.36. The summed E-state index contributed by atoms with van der Waals surface area (Å²) in [5.41, 5.74) is 0.698. The van der Waals surface area contributed by atoms with E-state index in [1.165, 1.54) is 23.5 Å². The van der Waals surface area contributed by atoms with Gasteiger partial charge in [0.25, 0.3) is 0 Å². The van der Waals surface area contributed by atoms with E-state index in [4.69, 9.17) is 0 Å². The van der Waals surface area contributed by atoms with Gasteiger partial charge in [0.15, 0.2) is 0 Å². The molecule has 80 valence electrons. The number of hydrogen-bond acceptors (Lipinski definition) is 3. The molecule has 2 rings (SSSR count). The Kier molecular flexibility index (Phi) is 3.50. The van der Waals surface area contributed by atoms with Crippen molar-refractivity contribution in [3.05, 3.63) is 11.6 Å². The van der Waals surface area contributed by atoms with Crippen LogP contribution in [-0.4, -0.2) is 26.8 Å². The summed E-state index contributed by atoms with van der Waals surface area (Å²) in [4.78, 5) is 0. The molecule has 0 radical (unpaired) electrons. The minimum Gasteiger partial charge on any atom is -0.383 e. The lowest BCUT2D eigenvalue weighted by Crippen LogP contribution is -2.42. The highest BCUT2D eigenvalue weighted by Gasteiger charge is 2.40. The molecule has 0 saturated carbocycles.